The lowest BCUT2D eigenvalue weighted by molar-refractivity contribution is -0.126. The molecule has 7 heteroatoms. The van der Waals surface area contributed by atoms with Gasteiger partial charge in [-0.05, 0) is 44.3 Å². The average molecular weight is 358 g/mol. The summed E-state index contributed by atoms with van der Waals surface area (Å²) in [5.74, 6) is -0.127. The lowest BCUT2D eigenvalue weighted by Gasteiger charge is -2.30. The molecule has 0 radical (unpaired) electrons. The zero-order chi connectivity index (χ0) is 18.4. The molecule has 1 aliphatic heterocycles. The highest BCUT2D eigenvalue weighted by molar-refractivity contribution is 5.95. The summed E-state index contributed by atoms with van der Waals surface area (Å²) in [5.41, 5.74) is 0.974. The monoisotopic (exact) mass is 358 g/mol. The van der Waals surface area contributed by atoms with Gasteiger partial charge in [-0.1, -0.05) is 30.3 Å². The Morgan fingerprint density at radius 2 is 1.69 bits per heavy atom. The Kier molecular flexibility index (Phi) is 6.22. The fraction of sp³-hybridized carbons (Fsp3) is 0.526. The lowest BCUT2D eigenvalue weighted by atomic mass is 9.96. The minimum Gasteiger partial charge on any atom is -0.353 e. The van der Waals surface area contributed by atoms with Gasteiger partial charge in [-0.3, -0.25) is 19.8 Å². The van der Waals surface area contributed by atoms with Gasteiger partial charge in [0, 0.05) is 18.5 Å². The zero-order valence-electron chi connectivity index (χ0n) is 14.9. The molecule has 3 N–H and O–H groups in total. The van der Waals surface area contributed by atoms with Crippen LogP contribution in [0.15, 0.2) is 30.3 Å². The highest BCUT2D eigenvalue weighted by atomic mass is 16.2. The largest absolute Gasteiger partial charge is 0.353 e. The molecule has 1 heterocycles. The van der Waals surface area contributed by atoms with Crippen LogP contribution in [0.3, 0.4) is 0 Å². The van der Waals surface area contributed by atoms with Gasteiger partial charge in [0.2, 0.25) is 11.8 Å². The summed E-state index contributed by atoms with van der Waals surface area (Å²) in [5, 5.41) is 8.07. The molecule has 1 aliphatic carbocycles. The summed E-state index contributed by atoms with van der Waals surface area (Å²) >= 11 is 0. The van der Waals surface area contributed by atoms with Crippen LogP contribution in [0.5, 0.6) is 0 Å². The number of piperidine rings is 1. The number of hydrogen-bond acceptors (Lipinski definition) is 4. The number of nitrogens with one attached hydrogen (secondary N) is 3. The molecule has 7 nitrogen and oxygen atoms in total. The number of urea groups is 1. The Morgan fingerprint density at radius 3 is 2.35 bits per heavy atom. The summed E-state index contributed by atoms with van der Waals surface area (Å²) in [6, 6.07) is 9.42. The number of carbonyl (C=O) groups is 3. The van der Waals surface area contributed by atoms with Crippen LogP contribution in [-0.4, -0.2) is 48.4 Å². The van der Waals surface area contributed by atoms with Crippen LogP contribution in [0.1, 0.15) is 31.2 Å². The van der Waals surface area contributed by atoms with Crippen molar-refractivity contribution in [2.75, 3.05) is 19.6 Å². The van der Waals surface area contributed by atoms with Gasteiger partial charge in [-0.2, -0.15) is 0 Å². The summed E-state index contributed by atoms with van der Waals surface area (Å²) in [6.07, 6.45) is 3.70. The molecule has 0 bridgehead atoms. The molecule has 1 aromatic rings. The van der Waals surface area contributed by atoms with Crippen LogP contribution in [0, 0.1) is 5.92 Å². The summed E-state index contributed by atoms with van der Waals surface area (Å²) in [4.78, 5) is 37.8. The topological polar surface area (TPSA) is 90.5 Å². The molecule has 1 aromatic carbocycles. The normalized spacial score (nSPS) is 18.2. The number of imide groups is 1. The standard InChI is InChI=1S/C19H26N4O3/c24-17(22-19(26)20-12-14-4-2-1-3-5-14)13-23-10-8-15(9-11-23)18(25)21-16-6-7-16/h1-5,15-16H,6-13H2,(H,21,25)(H2,20,22,24,26). The number of amides is 4. The van der Waals surface area contributed by atoms with Gasteiger partial charge in [-0.25, -0.2) is 4.79 Å². The lowest BCUT2D eigenvalue weighted by Crippen LogP contribution is -2.47. The van der Waals surface area contributed by atoms with E-state index < -0.39 is 6.03 Å². The van der Waals surface area contributed by atoms with Crippen molar-refractivity contribution >= 4 is 17.8 Å². The van der Waals surface area contributed by atoms with Gasteiger partial charge in [0.15, 0.2) is 0 Å². The summed E-state index contributed by atoms with van der Waals surface area (Å²) in [6.45, 7) is 1.95. The molecule has 0 spiro atoms. The maximum absolute atomic E-state index is 12.0. The second kappa shape index (κ2) is 8.80. The van der Waals surface area contributed by atoms with E-state index in [0.717, 1.165) is 31.2 Å². The van der Waals surface area contributed by atoms with Crippen molar-refractivity contribution in [3.63, 3.8) is 0 Å². The third-order valence-electron chi connectivity index (χ3n) is 4.80. The second-order valence-electron chi connectivity index (χ2n) is 7.05. The van der Waals surface area contributed by atoms with Gasteiger partial charge in [0.25, 0.3) is 0 Å². The van der Waals surface area contributed by atoms with Crippen LogP contribution in [0.2, 0.25) is 0 Å². The van der Waals surface area contributed by atoms with Gasteiger partial charge < -0.3 is 10.6 Å². The molecule has 140 valence electrons. The minimum atomic E-state index is -0.488. The van der Waals surface area contributed by atoms with Crippen LogP contribution < -0.4 is 16.0 Å². The highest BCUT2D eigenvalue weighted by Gasteiger charge is 2.30. The molecule has 3 rings (SSSR count). The van der Waals surface area contributed by atoms with Gasteiger partial charge in [0.05, 0.1) is 6.54 Å². The van der Waals surface area contributed by atoms with E-state index in [1.165, 1.54) is 0 Å². The van der Waals surface area contributed by atoms with E-state index in [2.05, 4.69) is 16.0 Å². The Bertz CT molecular complexity index is 637. The summed E-state index contributed by atoms with van der Waals surface area (Å²) < 4.78 is 0. The molecule has 26 heavy (non-hydrogen) atoms. The van der Waals surface area contributed by atoms with E-state index in [9.17, 15) is 14.4 Å². The molecular weight excluding hydrogens is 332 g/mol. The van der Waals surface area contributed by atoms with Crippen LogP contribution in [0.4, 0.5) is 4.79 Å². The first-order chi connectivity index (χ1) is 12.6. The van der Waals surface area contributed by atoms with Crippen molar-refractivity contribution in [2.45, 2.75) is 38.3 Å². The fourth-order valence-corrected chi connectivity index (χ4v) is 3.09. The molecule has 0 aromatic heterocycles. The van der Waals surface area contributed by atoms with Crippen molar-refractivity contribution in [3.8, 4) is 0 Å². The molecular formula is C19H26N4O3. The van der Waals surface area contributed by atoms with Gasteiger partial charge in [-0.15, -0.1) is 0 Å². The zero-order valence-corrected chi connectivity index (χ0v) is 14.9. The predicted octanol–water partition coefficient (Wildman–Crippen LogP) is 1.00. The summed E-state index contributed by atoms with van der Waals surface area (Å²) in [7, 11) is 0. The third kappa shape index (κ3) is 5.84. The number of nitrogens with zero attached hydrogens (tertiary/aromatic N) is 1. The van der Waals surface area contributed by atoms with Crippen molar-refractivity contribution in [2.24, 2.45) is 5.92 Å². The predicted molar refractivity (Wildman–Crippen MR) is 97.1 cm³/mol. The van der Waals surface area contributed by atoms with Gasteiger partial charge >= 0.3 is 6.03 Å². The fourth-order valence-electron chi connectivity index (χ4n) is 3.09. The van der Waals surface area contributed by atoms with Crippen molar-refractivity contribution in [3.05, 3.63) is 35.9 Å². The van der Waals surface area contributed by atoms with E-state index in [1.54, 1.807) is 0 Å². The molecule has 0 atom stereocenters. The Labute approximate surface area is 153 Å². The minimum absolute atomic E-state index is 0.0454. The SMILES string of the molecule is O=C(CN1CCC(C(=O)NC2CC2)CC1)NC(=O)NCc1ccccc1. The van der Waals surface area contributed by atoms with Crippen molar-refractivity contribution < 1.29 is 14.4 Å². The molecule has 0 unspecified atom stereocenters. The number of hydrogen-bond donors (Lipinski definition) is 3. The molecule has 2 aliphatic rings. The first-order valence-electron chi connectivity index (χ1n) is 9.24. The molecule has 2 fully saturated rings. The maximum atomic E-state index is 12.0. The average Bonchev–Trinajstić information content (AvgIpc) is 3.45. The number of rotatable bonds is 6. The highest BCUT2D eigenvalue weighted by Crippen LogP contribution is 2.22. The number of benzene rings is 1. The van der Waals surface area contributed by atoms with E-state index in [1.807, 2.05) is 35.2 Å². The molecule has 1 saturated heterocycles. The molecule has 1 saturated carbocycles. The number of likely N-dealkylation sites (tertiary alicyclic amines) is 1. The van der Waals surface area contributed by atoms with E-state index in [0.29, 0.717) is 25.7 Å². The first-order valence-corrected chi connectivity index (χ1v) is 9.24. The number of carbonyl (C=O) groups excluding carboxylic acids is 3. The Morgan fingerprint density at radius 1 is 1.00 bits per heavy atom. The Hall–Kier alpha value is -2.41. The van der Waals surface area contributed by atoms with Crippen molar-refractivity contribution in [1.29, 1.82) is 0 Å². The van der Waals surface area contributed by atoms with Crippen LogP contribution >= 0.6 is 0 Å². The smallest absolute Gasteiger partial charge is 0.321 e. The van der Waals surface area contributed by atoms with Crippen LogP contribution in [0.25, 0.3) is 0 Å². The van der Waals surface area contributed by atoms with E-state index in [-0.39, 0.29) is 24.3 Å². The second-order valence-corrected chi connectivity index (χ2v) is 7.05. The Balaban J connectivity index is 1.32. The maximum Gasteiger partial charge on any atom is 0.321 e. The molecule has 4 amide bonds. The third-order valence-corrected chi connectivity index (χ3v) is 4.80. The van der Waals surface area contributed by atoms with Crippen molar-refractivity contribution in [1.82, 2.24) is 20.9 Å². The van der Waals surface area contributed by atoms with Gasteiger partial charge in [0.1, 0.15) is 0 Å². The first kappa shape index (κ1) is 18.4. The van der Waals surface area contributed by atoms with E-state index >= 15 is 0 Å². The van der Waals surface area contributed by atoms with Crippen LogP contribution in [-0.2, 0) is 16.1 Å². The quantitative estimate of drug-likeness (QED) is 0.708. The van der Waals surface area contributed by atoms with E-state index in [4.69, 9.17) is 0 Å².